The number of rotatable bonds is 7. The molecule has 10 heteroatoms. The Balaban J connectivity index is 1.37. The lowest BCUT2D eigenvalue weighted by atomic mass is 9.98. The van der Waals surface area contributed by atoms with E-state index in [1.165, 1.54) is 17.7 Å². The van der Waals surface area contributed by atoms with Crippen LogP contribution in [0.3, 0.4) is 0 Å². The van der Waals surface area contributed by atoms with Crippen LogP contribution < -0.4 is 10.3 Å². The second-order valence-corrected chi connectivity index (χ2v) is 11.1. The molecule has 0 aliphatic carbocycles. The number of hydrogen-bond donors (Lipinski definition) is 0. The maximum atomic E-state index is 14.2. The van der Waals surface area contributed by atoms with Gasteiger partial charge < -0.3 is 18.9 Å². The van der Waals surface area contributed by atoms with Gasteiger partial charge in [0.1, 0.15) is 5.60 Å². The lowest BCUT2D eigenvalue weighted by Gasteiger charge is -2.33. The summed E-state index contributed by atoms with van der Waals surface area (Å²) in [5.41, 5.74) is 0.288. The van der Waals surface area contributed by atoms with Crippen molar-refractivity contribution >= 4 is 11.9 Å². The van der Waals surface area contributed by atoms with E-state index in [9.17, 15) is 18.8 Å². The zero-order valence-electron chi connectivity index (χ0n) is 23.5. The fourth-order valence-corrected chi connectivity index (χ4v) is 4.51. The SMILES string of the molecule is CC(=O)c1cc(F)c(=O)n([C@H](C)c2cccc(-c3ncc(OCC4CCN(C(=O)OC(C)(C)C)CC4)cn3)c2)c1. The van der Waals surface area contributed by atoms with Crippen molar-refractivity contribution in [3.8, 4) is 17.1 Å². The average Bonchev–Trinajstić information content (AvgIpc) is 2.92. The van der Waals surface area contributed by atoms with Crippen LogP contribution in [0, 0.1) is 11.7 Å². The second-order valence-electron chi connectivity index (χ2n) is 11.1. The molecule has 1 amide bonds. The first-order valence-electron chi connectivity index (χ1n) is 13.4. The third kappa shape index (κ3) is 7.11. The number of ether oxygens (including phenoxy) is 2. The molecule has 1 aliphatic heterocycles. The van der Waals surface area contributed by atoms with Gasteiger partial charge in [0.2, 0.25) is 0 Å². The van der Waals surface area contributed by atoms with Gasteiger partial charge in [0.25, 0.3) is 5.56 Å². The summed E-state index contributed by atoms with van der Waals surface area (Å²) in [5.74, 6) is 0.0408. The minimum atomic E-state index is -0.969. The van der Waals surface area contributed by atoms with Gasteiger partial charge in [-0.25, -0.2) is 19.2 Å². The maximum absolute atomic E-state index is 14.2. The van der Waals surface area contributed by atoms with Crippen molar-refractivity contribution in [1.82, 2.24) is 19.4 Å². The Morgan fingerprint density at radius 2 is 1.80 bits per heavy atom. The molecular weight excluding hydrogens is 515 g/mol. The molecule has 1 fully saturated rings. The molecule has 1 aliphatic rings. The highest BCUT2D eigenvalue weighted by atomic mass is 19.1. The average molecular weight is 551 g/mol. The van der Waals surface area contributed by atoms with Gasteiger partial charge in [-0.05, 0) is 71.1 Å². The molecule has 3 heterocycles. The summed E-state index contributed by atoms with van der Waals surface area (Å²) >= 11 is 0. The first-order chi connectivity index (χ1) is 18.9. The molecule has 0 unspecified atom stereocenters. The van der Waals surface area contributed by atoms with Crippen LogP contribution in [0.4, 0.5) is 9.18 Å². The predicted octanol–water partition coefficient (Wildman–Crippen LogP) is 5.28. The number of nitrogens with zero attached hydrogens (tertiary/aromatic N) is 4. The molecule has 0 bridgehead atoms. The number of Topliss-reactive ketones (excluding diaryl/α,β-unsaturated/α-hetero) is 1. The summed E-state index contributed by atoms with van der Waals surface area (Å²) in [5, 5.41) is 0. The number of benzene rings is 1. The number of amides is 1. The van der Waals surface area contributed by atoms with Gasteiger partial charge in [-0.1, -0.05) is 18.2 Å². The van der Waals surface area contributed by atoms with E-state index in [0.29, 0.717) is 37.2 Å². The zero-order valence-corrected chi connectivity index (χ0v) is 23.5. The number of aromatic nitrogens is 3. The predicted molar refractivity (Wildman–Crippen MR) is 148 cm³/mol. The molecule has 1 atom stereocenters. The number of halogens is 1. The number of likely N-dealkylation sites (tertiary alicyclic amines) is 1. The normalized spacial score (nSPS) is 15.0. The van der Waals surface area contributed by atoms with Crippen molar-refractivity contribution in [3.63, 3.8) is 0 Å². The number of piperidine rings is 1. The van der Waals surface area contributed by atoms with Crippen LogP contribution in [0.2, 0.25) is 0 Å². The topological polar surface area (TPSA) is 104 Å². The highest BCUT2D eigenvalue weighted by Crippen LogP contribution is 2.25. The largest absolute Gasteiger partial charge is 0.490 e. The molecule has 9 nitrogen and oxygen atoms in total. The smallest absolute Gasteiger partial charge is 0.410 e. The summed E-state index contributed by atoms with van der Waals surface area (Å²) in [4.78, 5) is 47.1. The molecule has 2 aromatic heterocycles. The van der Waals surface area contributed by atoms with Gasteiger partial charge in [0.15, 0.2) is 23.2 Å². The third-order valence-corrected chi connectivity index (χ3v) is 6.83. The lowest BCUT2D eigenvalue weighted by Crippen LogP contribution is -2.42. The van der Waals surface area contributed by atoms with Gasteiger partial charge >= 0.3 is 6.09 Å². The molecular formula is C30H35FN4O5. The van der Waals surface area contributed by atoms with Crippen LogP contribution in [-0.2, 0) is 4.74 Å². The Hall–Kier alpha value is -4.08. The summed E-state index contributed by atoms with van der Waals surface area (Å²) in [6.07, 6.45) is 5.99. The van der Waals surface area contributed by atoms with Gasteiger partial charge in [-0.3, -0.25) is 9.59 Å². The van der Waals surface area contributed by atoms with Crippen molar-refractivity contribution in [2.75, 3.05) is 19.7 Å². The number of carbonyl (C=O) groups excluding carboxylic acids is 2. The highest BCUT2D eigenvalue weighted by molar-refractivity contribution is 5.93. The van der Waals surface area contributed by atoms with Crippen LogP contribution in [0.1, 0.15) is 69.4 Å². The molecule has 40 heavy (non-hydrogen) atoms. The Labute approximate surface area is 233 Å². The van der Waals surface area contributed by atoms with Crippen LogP contribution in [0.15, 0.2) is 53.7 Å². The van der Waals surface area contributed by atoms with Gasteiger partial charge in [0, 0.05) is 30.4 Å². The highest BCUT2D eigenvalue weighted by Gasteiger charge is 2.27. The van der Waals surface area contributed by atoms with Crippen LogP contribution in [0.25, 0.3) is 11.4 Å². The molecule has 3 aromatic rings. The quantitative estimate of drug-likeness (QED) is 0.369. The van der Waals surface area contributed by atoms with Gasteiger partial charge in [0.05, 0.1) is 25.0 Å². The molecule has 0 N–H and O–H groups in total. The molecule has 1 saturated heterocycles. The maximum Gasteiger partial charge on any atom is 0.410 e. The Bertz CT molecular complexity index is 1420. The van der Waals surface area contributed by atoms with Crippen LogP contribution in [-0.4, -0.2) is 56.6 Å². The second kappa shape index (κ2) is 12.0. The van der Waals surface area contributed by atoms with Crippen LogP contribution >= 0.6 is 0 Å². The lowest BCUT2D eigenvalue weighted by molar-refractivity contribution is 0.0164. The van der Waals surface area contributed by atoms with Crippen molar-refractivity contribution in [3.05, 3.63) is 76.2 Å². The number of hydrogen-bond acceptors (Lipinski definition) is 7. The molecule has 0 spiro atoms. The van der Waals surface area contributed by atoms with E-state index in [0.717, 1.165) is 30.0 Å². The zero-order chi connectivity index (χ0) is 29.0. The van der Waals surface area contributed by atoms with Crippen molar-refractivity contribution < 1.29 is 23.5 Å². The summed E-state index contributed by atoms with van der Waals surface area (Å²) in [6, 6.07) is 7.77. The van der Waals surface area contributed by atoms with E-state index in [1.54, 1.807) is 24.2 Å². The number of pyridine rings is 1. The standard InChI is InChI=1S/C30H35FN4O5/c1-19(35-17-24(20(2)36)14-26(31)28(35)37)22-7-6-8-23(13-22)27-32-15-25(16-33-27)39-18-21-9-11-34(12-10-21)29(38)40-30(3,4)5/h6-8,13-17,19,21H,9-12,18H2,1-5H3/t19-/m1/s1. The molecule has 1 aromatic carbocycles. The minimum Gasteiger partial charge on any atom is -0.490 e. The molecule has 0 saturated carbocycles. The van der Waals surface area contributed by atoms with E-state index < -0.39 is 23.0 Å². The van der Waals surface area contributed by atoms with Crippen molar-refractivity contribution in [2.45, 2.75) is 59.1 Å². The van der Waals surface area contributed by atoms with Gasteiger partial charge in [-0.2, -0.15) is 0 Å². The number of ketones is 1. The molecule has 212 valence electrons. The van der Waals surface area contributed by atoms with E-state index in [-0.39, 0.29) is 17.4 Å². The fraction of sp³-hybridized carbons (Fsp3) is 0.433. The van der Waals surface area contributed by atoms with Crippen molar-refractivity contribution in [2.24, 2.45) is 5.92 Å². The molecule has 0 radical (unpaired) electrons. The summed E-state index contributed by atoms with van der Waals surface area (Å²) < 4.78 is 26.8. The monoisotopic (exact) mass is 550 g/mol. The van der Waals surface area contributed by atoms with E-state index >= 15 is 0 Å². The van der Waals surface area contributed by atoms with Crippen LogP contribution in [0.5, 0.6) is 5.75 Å². The summed E-state index contributed by atoms with van der Waals surface area (Å²) in [6.45, 7) is 10.4. The first kappa shape index (κ1) is 28.9. The molecule has 4 rings (SSSR count). The Morgan fingerprint density at radius 3 is 2.42 bits per heavy atom. The van der Waals surface area contributed by atoms with E-state index in [1.807, 2.05) is 45.0 Å². The minimum absolute atomic E-state index is 0.132. The Kier molecular flexibility index (Phi) is 8.66. The Morgan fingerprint density at radius 1 is 1.12 bits per heavy atom. The van der Waals surface area contributed by atoms with Gasteiger partial charge in [-0.15, -0.1) is 0 Å². The fourth-order valence-electron chi connectivity index (χ4n) is 4.51. The number of carbonyl (C=O) groups is 2. The van der Waals surface area contributed by atoms with Crippen molar-refractivity contribution in [1.29, 1.82) is 0 Å². The van der Waals surface area contributed by atoms with E-state index in [2.05, 4.69) is 9.97 Å². The first-order valence-corrected chi connectivity index (χ1v) is 13.4. The van der Waals surface area contributed by atoms with E-state index in [4.69, 9.17) is 9.47 Å². The third-order valence-electron chi connectivity index (χ3n) is 6.83. The summed E-state index contributed by atoms with van der Waals surface area (Å²) in [7, 11) is 0.